The summed E-state index contributed by atoms with van der Waals surface area (Å²) in [7, 11) is 0. The number of carbonyl (C=O) groups is 3. The molecule has 67 heavy (non-hydrogen) atoms. The first kappa shape index (κ1) is 64.4. The van der Waals surface area contributed by atoms with Crippen molar-refractivity contribution in [3.63, 3.8) is 0 Å². The van der Waals surface area contributed by atoms with Crippen molar-refractivity contribution in [2.45, 2.75) is 309 Å². The molecule has 6 heteroatoms. The number of hydrogen-bond acceptors (Lipinski definition) is 6. The quantitative estimate of drug-likeness (QED) is 0.0262. The highest BCUT2D eigenvalue weighted by molar-refractivity contribution is 5.71. The maximum Gasteiger partial charge on any atom is 0.306 e. The van der Waals surface area contributed by atoms with Crippen LogP contribution in [0.1, 0.15) is 303 Å². The Morgan fingerprint density at radius 3 is 0.925 bits per heavy atom. The highest BCUT2D eigenvalue weighted by atomic mass is 16.6. The van der Waals surface area contributed by atoms with Gasteiger partial charge in [-0.2, -0.15) is 0 Å². The number of unbranched alkanes of at least 4 members (excludes halogenated alkanes) is 34. The third-order valence-electron chi connectivity index (χ3n) is 12.8. The molecular weight excluding hydrogens is 829 g/mol. The summed E-state index contributed by atoms with van der Waals surface area (Å²) in [6.07, 6.45) is 68.2. The number of ether oxygens (including phenoxy) is 3. The molecule has 0 aromatic rings. The topological polar surface area (TPSA) is 78.9 Å². The minimum Gasteiger partial charge on any atom is -0.462 e. The molecule has 390 valence electrons. The van der Waals surface area contributed by atoms with Crippen LogP contribution in [-0.4, -0.2) is 37.2 Å². The molecule has 0 unspecified atom stereocenters. The maximum atomic E-state index is 12.8. The summed E-state index contributed by atoms with van der Waals surface area (Å²) in [5.74, 6) is -0.921. The molecule has 0 aliphatic carbocycles. The second-order valence-electron chi connectivity index (χ2n) is 19.6. The van der Waals surface area contributed by atoms with Gasteiger partial charge < -0.3 is 14.2 Å². The van der Waals surface area contributed by atoms with Gasteiger partial charge in [0, 0.05) is 19.3 Å². The Labute approximate surface area is 416 Å². The van der Waals surface area contributed by atoms with Crippen LogP contribution >= 0.6 is 0 Å². The lowest BCUT2D eigenvalue weighted by atomic mass is 10.0. The zero-order chi connectivity index (χ0) is 48.6. The van der Waals surface area contributed by atoms with Crippen molar-refractivity contribution < 1.29 is 28.6 Å². The minimum absolute atomic E-state index is 0.0856. The summed E-state index contributed by atoms with van der Waals surface area (Å²) in [5.41, 5.74) is 0. The smallest absolute Gasteiger partial charge is 0.306 e. The van der Waals surface area contributed by atoms with E-state index >= 15 is 0 Å². The molecule has 0 rings (SSSR count). The molecule has 0 aromatic heterocycles. The largest absolute Gasteiger partial charge is 0.462 e. The molecule has 0 bridgehead atoms. The summed E-state index contributed by atoms with van der Waals surface area (Å²) >= 11 is 0. The van der Waals surface area contributed by atoms with E-state index in [9.17, 15) is 14.4 Å². The van der Waals surface area contributed by atoms with Crippen LogP contribution in [0.5, 0.6) is 0 Å². The molecule has 0 aromatic carbocycles. The SMILES string of the molecule is CCCCC/C=C\C/C=C\C/C=C\CCCCC(=O)OC[C@H](COC(=O)CCCCCCCCCCCCCCCCCCCCCCC)OC(=O)CCCCCCC/C=C\CCCCCC. The number of hydrogen-bond donors (Lipinski definition) is 0. The molecule has 0 aliphatic heterocycles. The van der Waals surface area contributed by atoms with Gasteiger partial charge in [-0.25, -0.2) is 0 Å². The molecule has 0 saturated carbocycles. The van der Waals surface area contributed by atoms with E-state index in [1.807, 2.05) is 0 Å². The van der Waals surface area contributed by atoms with E-state index in [1.165, 1.54) is 180 Å². The van der Waals surface area contributed by atoms with Crippen LogP contribution in [0.4, 0.5) is 0 Å². The number of allylic oxidation sites excluding steroid dienone is 8. The summed E-state index contributed by atoms with van der Waals surface area (Å²) in [6.45, 7) is 6.59. The van der Waals surface area contributed by atoms with E-state index in [0.29, 0.717) is 19.3 Å². The van der Waals surface area contributed by atoms with Crippen LogP contribution in [0, 0.1) is 0 Å². The third kappa shape index (κ3) is 54.2. The van der Waals surface area contributed by atoms with E-state index in [0.717, 1.165) is 83.5 Å². The molecule has 0 spiro atoms. The monoisotopic (exact) mass is 939 g/mol. The summed E-state index contributed by atoms with van der Waals surface area (Å²) in [5, 5.41) is 0. The van der Waals surface area contributed by atoms with Gasteiger partial charge >= 0.3 is 17.9 Å². The highest BCUT2D eigenvalue weighted by Crippen LogP contribution is 2.16. The molecule has 0 fully saturated rings. The van der Waals surface area contributed by atoms with E-state index in [4.69, 9.17) is 14.2 Å². The predicted molar refractivity (Wildman–Crippen MR) is 289 cm³/mol. The zero-order valence-electron chi connectivity index (χ0n) is 44.7. The van der Waals surface area contributed by atoms with E-state index in [2.05, 4.69) is 69.4 Å². The van der Waals surface area contributed by atoms with Gasteiger partial charge in [0.25, 0.3) is 0 Å². The van der Waals surface area contributed by atoms with E-state index in [1.54, 1.807) is 0 Å². The van der Waals surface area contributed by atoms with Gasteiger partial charge in [0.15, 0.2) is 6.10 Å². The third-order valence-corrected chi connectivity index (χ3v) is 12.8. The average molecular weight is 940 g/mol. The van der Waals surface area contributed by atoms with Crippen molar-refractivity contribution in [3.05, 3.63) is 48.6 Å². The fourth-order valence-electron chi connectivity index (χ4n) is 8.39. The second kappa shape index (κ2) is 56.0. The molecule has 1 atom stereocenters. The Morgan fingerprint density at radius 1 is 0.299 bits per heavy atom. The fourth-order valence-corrected chi connectivity index (χ4v) is 8.39. The van der Waals surface area contributed by atoms with Crippen molar-refractivity contribution in [1.82, 2.24) is 0 Å². The van der Waals surface area contributed by atoms with Crippen molar-refractivity contribution in [3.8, 4) is 0 Å². The van der Waals surface area contributed by atoms with E-state index in [-0.39, 0.29) is 31.1 Å². The van der Waals surface area contributed by atoms with Crippen molar-refractivity contribution in [1.29, 1.82) is 0 Å². The molecule has 0 amide bonds. The van der Waals surface area contributed by atoms with Gasteiger partial charge in [0.05, 0.1) is 0 Å². The van der Waals surface area contributed by atoms with Gasteiger partial charge in [0.2, 0.25) is 0 Å². The van der Waals surface area contributed by atoms with Crippen molar-refractivity contribution in [2.75, 3.05) is 13.2 Å². The molecule has 6 nitrogen and oxygen atoms in total. The number of rotatable bonds is 53. The molecule has 0 radical (unpaired) electrons. The predicted octanol–water partition coefficient (Wildman–Crippen LogP) is 19.4. The Morgan fingerprint density at radius 2 is 0.537 bits per heavy atom. The second-order valence-corrected chi connectivity index (χ2v) is 19.6. The van der Waals surface area contributed by atoms with Gasteiger partial charge in [-0.05, 0) is 83.5 Å². The Balaban J connectivity index is 4.33. The normalized spacial score (nSPS) is 12.3. The fraction of sp³-hybridized carbons (Fsp3) is 0.820. The lowest BCUT2D eigenvalue weighted by Crippen LogP contribution is -2.30. The minimum atomic E-state index is -0.790. The van der Waals surface area contributed by atoms with E-state index < -0.39 is 6.10 Å². The van der Waals surface area contributed by atoms with Crippen LogP contribution < -0.4 is 0 Å². The zero-order valence-corrected chi connectivity index (χ0v) is 44.7. The maximum absolute atomic E-state index is 12.8. The Hall–Kier alpha value is -2.63. The molecule has 0 aliphatic rings. The van der Waals surface area contributed by atoms with Crippen LogP contribution in [0.15, 0.2) is 48.6 Å². The molecule has 0 saturated heterocycles. The highest BCUT2D eigenvalue weighted by Gasteiger charge is 2.19. The average Bonchev–Trinajstić information content (AvgIpc) is 3.33. The Bertz CT molecular complexity index is 1170. The van der Waals surface area contributed by atoms with Gasteiger partial charge in [-0.15, -0.1) is 0 Å². The van der Waals surface area contributed by atoms with Crippen LogP contribution in [0.2, 0.25) is 0 Å². The standard InChI is InChI=1S/C61H110O6/c1-4-7-10-13-16-19-22-25-27-28-29-30-31-32-34-37-39-42-45-48-51-54-60(63)66-57-58(67-61(64)55-52-49-46-43-40-35-24-21-18-15-12-9-6-3)56-65-59(62)53-50-47-44-41-38-36-33-26-23-20-17-14-11-8-5-2/h17,20-21,24,26,33,38,41,58H,4-16,18-19,22-23,25,27-32,34-37,39-40,42-57H2,1-3H3/b20-17-,24-21-,33-26-,41-38-/t58-/m1/s1. The lowest BCUT2D eigenvalue weighted by molar-refractivity contribution is -0.167. The molecule has 0 N–H and O–H groups in total. The van der Waals surface area contributed by atoms with Gasteiger partial charge in [0.1, 0.15) is 13.2 Å². The first-order valence-electron chi connectivity index (χ1n) is 29.1. The Kier molecular flexibility index (Phi) is 53.8. The van der Waals surface area contributed by atoms with Crippen molar-refractivity contribution >= 4 is 17.9 Å². The van der Waals surface area contributed by atoms with Crippen LogP contribution in [0.3, 0.4) is 0 Å². The molecule has 0 heterocycles. The van der Waals surface area contributed by atoms with Crippen LogP contribution in [-0.2, 0) is 28.6 Å². The first-order chi connectivity index (χ1) is 33.0. The molecular formula is C61H110O6. The first-order valence-corrected chi connectivity index (χ1v) is 29.1. The summed E-state index contributed by atoms with van der Waals surface area (Å²) in [6, 6.07) is 0. The summed E-state index contributed by atoms with van der Waals surface area (Å²) < 4.78 is 16.8. The van der Waals surface area contributed by atoms with Gasteiger partial charge in [-0.3, -0.25) is 14.4 Å². The van der Waals surface area contributed by atoms with Gasteiger partial charge in [-0.1, -0.05) is 249 Å². The van der Waals surface area contributed by atoms with Crippen LogP contribution in [0.25, 0.3) is 0 Å². The number of carbonyl (C=O) groups excluding carboxylic acids is 3. The lowest BCUT2D eigenvalue weighted by Gasteiger charge is -2.18. The van der Waals surface area contributed by atoms with Crippen molar-refractivity contribution in [2.24, 2.45) is 0 Å². The number of esters is 3. The summed E-state index contributed by atoms with van der Waals surface area (Å²) in [4.78, 5) is 38.1.